The van der Waals surface area contributed by atoms with Gasteiger partial charge < -0.3 is 11.7 Å². The Labute approximate surface area is 76.6 Å². The van der Waals surface area contributed by atoms with Crippen LogP contribution in [0.5, 0.6) is 0 Å². The van der Waals surface area contributed by atoms with Gasteiger partial charge in [0.15, 0.2) is 0 Å². The standard InChI is InChI=1S/C5H9O2.HI.Zn/c1-3-4-7-5(2)6;;/h1,3-4H2,2H3;1H;/q-1;;+2/p-1. The molecule has 0 aliphatic rings. The second-order valence-corrected chi connectivity index (χ2v) is 1.19. The van der Waals surface area contributed by atoms with E-state index in [0.29, 0.717) is 13.0 Å². The van der Waals surface area contributed by atoms with Crippen molar-refractivity contribution in [3.63, 3.8) is 0 Å². The first-order chi connectivity index (χ1) is 4.27. The summed E-state index contributed by atoms with van der Waals surface area (Å²) in [6.45, 7) is 5.30. The van der Waals surface area contributed by atoms with Gasteiger partial charge in [-0.3, -0.25) is 4.79 Å². The fourth-order valence-electron chi connectivity index (χ4n) is 0.216. The maximum atomic E-state index is 9.95. The zero-order valence-corrected chi connectivity index (χ0v) is 10.6. The molecule has 0 saturated carbocycles. The Kier molecular flexibility index (Phi) is 16.1. The SMILES string of the molecule is [CH2-]CCOC(C)=O.[Zn+][I]. The van der Waals surface area contributed by atoms with Gasteiger partial charge in [0.1, 0.15) is 0 Å². The van der Waals surface area contributed by atoms with E-state index in [1.807, 2.05) is 0 Å². The van der Waals surface area contributed by atoms with Gasteiger partial charge in [-0.15, -0.1) is 6.42 Å². The molecule has 50 valence electrons. The van der Waals surface area contributed by atoms with Crippen molar-refractivity contribution in [2.45, 2.75) is 13.3 Å². The quantitative estimate of drug-likeness (QED) is 0.335. The van der Waals surface area contributed by atoms with Crippen LogP contribution < -0.4 is 0 Å². The summed E-state index contributed by atoms with van der Waals surface area (Å²) in [4.78, 5) is 9.95. The molecule has 0 fully saturated rings. The third-order valence-corrected chi connectivity index (χ3v) is 0.450. The Balaban J connectivity index is 0. The third-order valence-electron chi connectivity index (χ3n) is 0.450. The monoisotopic (exact) mass is 292 g/mol. The van der Waals surface area contributed by atoms with Crippen molar-refractivity contribution in [3.05, 3.63) is 6.92 Å². The van der Waals surface area contributed by atoms with Crippen LogP contribution in [0, 0.1) is 6.92 Å². The molecule has 0 aromatic heterocycles. The first-order valence-electron chi connectivity index (χ1n) is 2.46. The number of carbonyl (C=O) groups excluding carboxylic acids is 1. The van der Waals surface area contributed by atoms with E-state index in [1.165, 1.54) is 21.7 Å². The van der Waals surface area contributed by atoms with E-state index >= 15 is 0 Å². The average molecular weight is 293 g/mol. The van der Waals surface area contributed by atoms with Crippen LogP contribution in [0.25, 0.3) is 0 Å². The van der Waals surface area contributed by atoms with Crippen LogP contribution in [0.2, 0.25) is 0 Å². The number of rotatable bonds is 2. The fourth-order valence-corrected chi connectivity index (χ4v) is 0.216. The topological polar surface area (TPSA) is 26.3 Å². The normalized spacial score (nSPS) is 7.22. The van der Waals surface area contributed by atoms with Crippen LogP contribution in [0.3, 0.4) is 0 Å². The molecule has 0 amide bonds. The number of hydrogen-bond donors (Lipinski definition) is 0. The van der Waals surface area contributed by atoms with E-state index in [-0.39, 0.29) is 5.97 Å². The summed E-state index contributed by atoms with van der Waals surface area (Å²) in [5.74, 6) is -0.233. The van der Waals surface area contributed by atoms with Gasteiger partial charge in [0.25, 0.3) is 0 Å². The van der Waals surface area contributed by atoms with Crippen LogP contribution in [0.15, 0.2) is 0 Å². The Bertz CT molecular complexity index is 68.0. The van der Waals surface area contributed by atoms with Gasteiger partial charge in [0.05, 0.1) is 6.61 Å². The van der Waals surface area contributed by atoms with Crippen molar-refractivity contribution in [2.24, 2.45) is 0 Å². The molecule has 2 nitrogen and oxygen atoms in total. The van der Waals surface area contributed by atoms with E-state index in [1.54, 1.807) is 0 Å². The molecular formula is C5H9IO2Zn. The van der Waals surface area contributed by atoms with Gasteiger partial charge in [-0.2, -0.15) is 0 Å². The van der Waals surface area contributed by atoms with E-state index in [4.69, 9.17) is 0 Å². The molecule has 0 N–H and O–H groups in total. The van der Waals surface area contributed by atoms with Crippen LogP contribution >= 0.6 is 19.8 Å². The van der Waals surface area contributed by atoms with Crippen molar-refractivity contribution < 1.29 is 24.3 Å². The molecule has 0 radical (unpaired) electrons. The number of esters is 1. The second-order valence-electron chi connectivity index (χ2n) is 1.19. The van der Waals surface area contributed by atoms with E-state index < -0.39 is 0 Å². The van der Waals surface area contributed by atoms with Gasteiger partial charge in [-0.25, -0.2) is 0 Å². The number of halogens is 1. The zero-order valence-electron chi connectivity index (χ0n) is 5.52. The minimum absolute atomic E-state index is 0.233. The van der Waals surface area contributed by atoms with Crippen molar-refractivity contribution in [1.82, 2.24) is 0 Å². The van der Waals surface area contributed by atoms with Crippen molar-refractivity contribution >= 4 is 25.7 Å². The van der Waals surface area contributed by atoms with Crippen molar-refractivity contribution in [1.29, 1.82) is 0 Å². The van der Waals surface area contributed by atoms with E-state index in [2.05, 4.69) is 31.4 Å². The summed E-state index contributed by atoms with van der Waals surface area (Å²) in [6.07, 6.45) is 0.652. The molecule has 0 heterocycles. The summed E-state index contributed by atoms with van der Waals surface area (Å²) >= 11 is 3.62. The second kappa shape index (κ2) is 11.6. The van der Waals surface area contributed by atoms with Gasteiger partial charge in [0, 0.05) is 6.92 Å². The fraction of sp³-hybridized carbons (Fsp3) is 0.600. The first-order valence-corrected chi connectivity index (χ1v) is 11.5. The predicted octanol–water partition coefficient (Wildman–Crippen LogP) is 1.66. The Morgan fingerprint density at radius 3 is 2.33 bits per heavy atom. The zero-order chi connectivity index (χ0) is 7.70. The molecule has 0 bridgehead atoms. The number of ether oxygens (including phenoxy) is 1. The van der Waals surface area contributed by atoms with Gasteiger partial charge in [-0.1, -0.05) is 0 Å². The van der Waals surface area contributed by atoms with Gasteiger partial charge in [-0.05, 0) is 0 Å². The molecule has 0 aromatic rings. The summed E-state index contributed by atoms with van der Waals surface area (Å²) < 4.78 is 4.49. The maximum absolute atomic E-state index is 9.95. The summed E-state index contributed by atoms with van der Waals surface area (Å²) in [6, 6.07) is 0. The van der Waals surface area contributed by atoms with Crippen LogP contribution in [-0.2, 0) is 24.3 Å². The molecule has 0 rings (SSSR count). The van der Waals surface area contributed by atoms with E-state index in [9.17, 15) is 4.79 Å². The Morgan fingerprint density at radius 1 is 1.78 bits per heavy atom. The third kappa shape index (κ3) is 17.7. The summed E-state index contributed by atoms with van der Waals surface area (Å²) in [5.41, 5.74) is 0. The van der Waals surface area contributed by atoms with Crippen LogP contribution in [-0.4, -0.2) is 12.6 Å². The minimum atomic E-state index is -0.233. The van der Waals surface area contributed by atoms with Crippen LogP contribution in [0.1, 0.15) is 13.3 Å². The molecule has 0 aliphatic carbocycles. The van der Waals surface area contributed by atoms with Gasteiger partial charge >= 0.3 is 40.5 Å². The van der Waals surface area contributed by atoms with Crippen LogP contribution in [0.4, 0.5) is 0 Å². The molecule has 0 spiro atoms. The molecule has 0 aliphatic heterocycles. The molecule has 9 heavy (non-hydrogen) atoms. The Morgan fingerprint density at radius 2 is 2.22 bits per heavy atom. The summed E-state index contributed by atoms with van der Waals surface area (Å²) in [7, 11) is 0. The number of carbonyl (C=O) groups is 1. The average Bonchev–Trinajstić information content (AvgIpc) is 1.88. The molecular weight excluding hydrogens is 284 g/mol. The summed E-state index contributed by atoms with van der Waals surface area (Å²) in [5, 5.41) is 0. The number of hydrogen-bond acceptors (Lipinski definition) is 2. The molecule has 0 saturated heterocycles. The Hall–Kier alpha value is 0.823. The predicted molar refractivity (Wildman–Crippen MR) is 40.6 cm³/mol. The first kappa shape index (κ1) is 12.5. The van der Waals surface area contributed by atoms with E-state index in [0.717, 1.165) is 0 Å². The van der Waals surface area contributed by atoms with Gasteiger partial charge in [0.2, 0.25) is 0 Å². The molecule has 0 atom stereocenters. The molecule has 0 unspecified atom stereocenters. The van der Waals surface area contributed by atoms with Crippen molar-refractivity contribution in [2.75, 3.05) is 6.61 Å². The molecule has 4 heteroatoms. The van der Waals surface area contributed by atoms with Crippen molar-refractivity contribution in [3.8, 4) is 0 Å². The molecule has 0 aromatic carbocycles.